The second-order valence-corrected chi connectivity index (χ2v) is 7.85. The zero-order valence-electron chi connectivity index (χ0n) is 16.4. The second-order valence-electron chi connectivity index (χ2n) is 6.91. The average molecular weight is 410 g/mol. The van der Waals surface area contributed by atoms with Crippen molar-refractivity contribution >= 4 is 17.2 Å². The minimum absolute atomic E-state index is 0.0744. The Kier molecular flexibility index (Phi) is 5.67. The number of hydrogen-bond acceptors (Lipinski definition) is 6. The van der Waals surface area contributed by atoms with E-state index < -0.39 is 0 Å². The number of amides is 1. The van der Waals surface area contributed by atoms with Crippen LogP contribution in [0.4, 0.5) is 0 Å². The summed E-state index contributed by atoms with van der Waals surface area (Å²) >= 11 is 1.50. The van der Waals surface area contributed by atoms with Crippen molar-refractivity contribution in [3.8, 4) is 17.2 Å². The van der Waals surface area contributed by atoms with E-state index in [-0.39, 0.29) is 19.1 Å². The Morgan fingerprint density at radius 2 is 2.00 bits per heavy atom. The topological polar surface area (TPSA) is 69.7 Å². The van der Waals surface area contributed by atoms with Crippen molar-refractivity contribution in [3.63, 3.8) is 0 Å². The van der Waals surface area contributed by atoms with Gasteiger partial charge in [-0.1, -0.05) is 12.1 Å². The molecule has 2 heterocycles. The van der Waals surface area contributed by atoms with E-state index in [9.17, 15) is 4.79 Å². The molecular weight excluding hydrogens is 388 g/mol. The van der Waals surface area contributed by atoms with E-state index in [0.717, 1.165) is 27.8 Å². The third-order valence-electron chi connectivity index (χ3n) is 4.71. The molecule has 1 aliphatic heterocycles. The summed E-state index contributed by atoms with van der Waals surface area (Å²) in [4.78, 5) is 16.7. The predicted octanol–water partition coefficient (Wildman–Crippen LogP) is 3.93. The number of benzene rings is 2. The minimum atomic E-state index is -0.0744. The third-order valence-corrected chi connectivity index (χ3v) is 5.58. The van der Waals surface area contributed by atoms with Crippen LogP contribution in [-0.4, -0.2) is 17.7 Å². The van der Waals surface area contributed by atoms with E-state index in [2.05, 4.69) is 24.1 Å². The summed E-state index contributed by atoms with van der Waals surface area (Å²) in [7, 11) is 0. The normalized spacial score (nSPS) is 12.1. The maximum Gasteiger partial charge on any atom is 0.231 e. The van der Waals surface area contributed by atoms with E-state index in [4.69, 9.17) is 14.2 Å². The molecule has 2 aromatic carbocycles. The van der Waals surface area contributed by atoms with E-state index in [1.807, 2.05) is 41.8 Å². The highest BCUT2D eigenvalue weighted by Crippen LogP contribution is 2.32. The number of aryl methyl sites for hydroxylation is 2. The first-order chi connectivity index (χ1) is 14.1. The summed E-state index contributed by atoms with van der Waals surface area (Å²) in [5, 5.41) is 5.67. The lowest BCUT2D eigenvalue weighted by atomic mass is 10.1. The number of aromatic nitrogens is 1. The van der Waals surface area contributed by atoms with Crippen molar-refractivity contribution in [1.82, 2.24) is 10.3 Å². The SMILES string of the molecule is Cc1ccc(OCc2nc(CC(=O)NCc3ccc4c(c3)OCO4)cs2)cc1C. The zero-order chi connectivity index (χ0) is 20.2. The molecule has 150 valence electrons. The Hall–Kier alpha value is -3.06. The van der Waals surface area contributed by atoms with Gasteiger partial charge in [-0.25, -0.2) is 4.98 Å². The van der Waals surface area contributed by atoms with Crippen molar-refractivity contribution < 1.29 is 19.0 Å². The van der Waals surface area contributed by atoms with Gasteiger partial charge in [-0.2, -0.15) is 0 Å². The summed E-state index contributed by atoms with van der Waals surface area (Å²) in [5.74, 6) is 2.20. The standard InChI is InChI=1S/C22H22N2O4S/c1-14-3-5-18(7-15(14)2)26-11-22-24-17(12-29-22)9-21(25)23-10-16-4-6-19-20(8-16)28-13-27-19/h3-8,12H,9-11,13H2,1-2H3,(H,23,25). The van der Waals surface area contributed by atoms with Crippen molar-refractivity contribution in [2.45, 2.75) is 33.4 Å². The van der Waals surface area contributed by atoms with E-state index in [1.165, 1.54) is 22.5 Å². The molecule has 0 atom stereocenters. The van der Waals surface area contributed by atoms with Gasteiger partial charge in [0, 0.05) is 11.9 Å². The lowest BCUT2D eigenvalue weighted by Gasteiger charge is -2.07. The van der Waals surface area contributed by atoms with Gasteiger partial charge in [-0.05, 0) is 54.8 Å². The highest BCUT2D eigenvalue weighted by atomic mass is 32.1. The molecule has 0 aliphatic carbocycles. The zero-order valence-corrected chi connectivity index (χ0v) is 17.2. The van der Waals surface area contributed by atoms with Crippen LogP contribution in [0, 0.1) is 13.8 Å². The lowest BCUT2D eigenvalue weighted by molar-refractivity contribution is -0.120. The Morgan fingerprint density at radius 3 is 2.86 bits per heavy atom. The molecular formula is C22H22N2O4S. The number of nitrogens with zero attached hydrogens (tertiary/aromatic N) is 1. The van der Waals surface area contributed by atoms with Gasteiger partial charge in [0.1, 0.15) is 17.4 Å². The molecule has 3 aromatic rings. The fourth-order valence-corrected chi connectivity index (χ4v) is 3.63. The molecule has 0 radical (unpaired) electrons. The van der Waals surface area contributed by atoms with Crippen LogP contribution in [0.25, 0.3) is 0 Å². The van der Waals surface area contributed by atoms with Crippen molar-refractivity contribution in [3.05, 3.63) is 69.2 Å². The van der Waals surface area contributed by atoms with Crippen LogP contribution in [0.5, 0.6) is 17.2 Å². The van der Waals surface area contributed by atoms with Gasteiger partial charge in [0.05, 0.1) is 12.1 Å². The van der Waals surface area contributed by atoms with Gasteiger partial charge < -0.3 is 19.5 Å². The molecule has 0 fully saturated rings. The number of rotatable bonds is 7. The van der Waals surface area contributed by atoms with Gasteiger partial charge in [-0.15, -0.1) is 11.3 Å². The molecule has 0 saturated heterocycles. The van der Waals surface area contributed by atoms with Crippen LogP contribution in [-0.2, 0) is 24.4 Å². The van der Waals surface area contributed by atoms with Crippen molar-refractivity contribution in [2.24, 2.45) is 0 Å². The summed E-state index contributed by atoms with van der Waals surface area (Å²) in [5.41, 5.74) is 4.14. The Bertz CT molecular complexity index is 1030. The molecule has 4 rings (SSSR count). The van der Waals surface area contributed by atoms with Crippen LogP contribution in [0.15, 0.2) is 41.8 Å². The predicted molar refractivity (Wildman–Crippen MR) is 110 cm³/mol. The Morgan fingerprint density at radius 1 is 1.14 bits per heavy atom. The Labute approximate surface area is 173 Å². The van der Waals surface area contributed by atoms with Crippen LogP contribution in [0.2, 0.25) is 0 Å². The van der Waals surface area contributed by atoms with Gasteiger partial charge in [0.25, 0.3) is 0 Å². The van der Waals surface area contributed by atoms with Gasteiger partial charge >= 0.3 is 0 Å². The highest BCUT2D eigenvalue weighted by Gasteiger charge is 2.14. The number of ether oxygens (including phenoxy) is 3. The molecule has 1 aromatic heterocycles. The first-order valence-electron chi connectivity index (χ1n) is 9.35. The molecule has 1 N–H and O–H groups in total. The number of nitrogens with one attached hydrogen (secondary N) is 1. The van der Waals surface area contributed by atoms with Crippen molar-refractivity contribution in [1.29, 1.82) is 0 Å². The van der Waals surface area contributed by atoms with Crippen LogP contribution in [0.1, 0.15) is 27.4 Å². The summed E-state index contributed by atoms with van der Waals surface area (Å²) in [6, 6.07) is 11.7. The number of fused-ring (bicyclic) bond motifs is 1. The van der Waals surface area contributed by atoms with E-state index in [0.29, 0.717) is 18.9 Å². The third kappa shape index (κ3) is 4.86. The minimum Gasteiger partial charge on any atom is -0.486 e. The number of carbonyl (C=O) groups is 1. The average Bonchev–Trinajstić information content (AvgIpc) is 3.36. The maximum absolute atomic E-state index is 12.2. The molecule has 7 heteroatoms. The molecule has 29 heavy (non-hydrogen) atoms. The number of hydrogen-bond donors (Lipinski definition) is 1. The van der Waals surface area contributed by atoms with Gasteiger partial charge in [-0.3, -0.25) is 4.79 Å². The number of thiazole rings is 1. The Balaban J connectivity index is 1.26. The van der Waals surface area contributed by atoms with Gasteiger partial charge in [0.15, 0.2) is 11.5 Å². The van der Waals surface area contributed by atoms with Crippen LogP contribution >= 0.6 is 11.3 Å². The smallest absolute Gasteiger partial charge is 0.231 e. The molecule has 0 saturated carbocycles. The van der Waals surface area contributed by atoms with Crippen LogP contribution < -0.4 is 19.5 Å². The van der Waals surface area contributed by atoms with E-state index >= 15 is 0 Å². The summed E-state index contributed by atoms with van der Waals surface area (Å²) < 4.78 is 16.5. The number of carbonyl (C=O) groups excluding carboxylic acids is 1. The molecule has 0 bridgehead atoms. The molecule has 1 amide bonds. The quantitative estimate of drug-likeness (QED) is 0.639. The maximum atomic E-state index is 12.2. The lowest BCUT2D eigenvalue weighted by Crippen LogP contribution is -2.24. The van der Waals surface area contributed by atoms with Crippen molar-refractivity contribution in [2.75, 3.05) is 6.79 Å². The monoisotopic (exact) mass is 410 g/mol. The second kappa shape index (κ2) is 8.53. The first kappa shape index (κ1) is 19.3. The highest BCUT2D eigenvalue weighted by molar-refractivity contribution is 7.09. The fraction of sp³-hybridized carbons (Fsp3) is 0.273. The summed E-state index contributed by atoms with van der Waals surface area (Å²) in [6.45, 7) is 5.20. The van der Waals surface area contributed by atoms with Gasteiger partial charge in [0.2, 0.25) is 12.7 Å². The first-order valence-corrected chi connectivity index (χ1v) is 10.2. The van der Waals surface area contributed by atoms with Crippen LogP contribution in [0.3, 0.4) is 0 Å². The summed E-state index contributed by atoms with van der Waals surface area (Å²) in [6.07, 6.45) is 0.241. The molecule has 6 nitrogen and oxygen atoms in total. The molecule has 1 aliphatic rings. The largest absolute Gasteiger partial charge is 0.486 e. The molecule has 0 spiro atoms. The van der Waals surface area contributed by atoms with E-state index in [1.54, 1.807) is 0 Å². The molecule has 0 unspecified atom stereocenters. The fourth-order valence-electron chi connectivity index (χ4n) is 2.92.